The van der Waals surface area contributed by atoms with E-state index in [1.54, 1.807) is 25.3 Å². The third-order valence-corrected chi connectivity index (χ3v) is 2.56. The third kappa shape index (κ3) is 3.69. The molecule has 2 rings (SSSR count). The Kier molecular flexibility index (Phi) is 4.36. The van der Waals surface area contributed by atoms with Crippen molar-refractivity contribution in [1.29, 1.82) is 0 Å². The van der Waals surface area contributed by atoms with Crippen LogP contribution in [0.5, 0.6) is 17.2 Å². The van der Waals surface area contributed by atoms with Gasteiger partial charge in [-0.3, -0.25) is 4.98 Å². The van der Waals surface area contributed by atoms with Crippen molar-refractivity contribution < 1.29 is 14.6 Å². The van der Waals surface area contributed by atoms with Gasteiger partial charge in [-0.25, -0.2) is 0 Å². The zero-order chi connectivity index (χ0) is 13.7. The van der Waals surface area contributed by atoms with Crippen LogP contribution in [0.1, 0.15) is 25.6 Å². The van der Waals surface area contributed by atoms with Gasteiger partial charge in [-0.05, 0) is 50.2 Å². The van der Waals surface area contributed by atoms with Gasteiger partial charge in [0.05, 0.1) is 24.6 Å². The Labute approximate surface area is 112 Å². The van der Waals surface area contributed by atoms with Crippen LogP contribution in [-0.2, 0) is 0 Å². The zero-order valence-corrected chi connectivity index (χ0v) is 11.0. The Balaban J connectivity index is 2.04. The maximum absolute atomic E-state index is 9.37. The van der Waals surface area contributed by atoms with Crippen LogP contribution in [0.25, 0.3) is 0 Å². The second-order valence-corrected chi connectivity index (χ2v) is 4.10. The molecule has 1 atom stereocenters. The number of aromatic nitrogens is 1. The predicted molar refractivity (Wildman–Crippen MR) is 72.6 cm³/mol. The smallest absolute Gasteiger partial charge is 0.145 e. The van der Waals surface area contributed by atoms with E-state index in [1.807, 2.05) is 31.2 Å². The van der Waals surface area contributed by atoms with Crippen molar-refractivity contribution in [2.45, 2.75) is 20.0 Å². The van der Waals surface area contributed by atoms with Crippen molar-refractivity contribution in [3.8, 4) is 17.2 Å². The van der Waals surface area contributed by atoms with E-state index in [0.29, 0.717) is 18.1 Å². The van der Waals surface area contributed by atoms with Crippen LogP contribution in [0.15, 0.2) is 42.6 Å². The maximum atomic E-state index is 9.37. The number of ether oxygens (including phenoxy) is 2. The van der Waals surface area contributed by atoms with E-state index in [9.17, 15) is 5.11 Å². The molecule has 4 heteroatoms. The van der Waals surface area contributed by atoms with Gasteiger partial charge in [-0.2, -0.15) is 0 Å². The lowest BCUT2D eigenvalue weighted by molar-refractivity contribution is 0.194. The van der Waals surface area contributed by atoms with Gasteiger partial charge in [0.1, 0.15) is 17.2 Å². The van der Waals surface area contributed by atoms with Crippen LogP contribution >= 0.6 is 0 Å². The van der Waals surface area contributed by atoms with Gasteiger partial charge in [0.2, 0.25) is 0 Å². The third-order valence-electron chi connectivity index (χ3n) is 2.56. The molecule has 0 saturated heterocycles. The number of benzene rings is 1. The fourth-order valence-corrected chi connectivity index (χ4v) is 1.61. The summed E-state index contributed by atoms with van der Waals surface area (Å²) in [5.74, 6) is 2.17. The highest BCUT2D eigenvalue weighted by atomic mass is 16.5. The average Bonchev–Trinajstić information content (AvgIpc) is 2.42. The quantitative estimate of drug-likeness (QED) is 0.894. The molecule has 0 saturated carbocycles. The van der Waals surface area contributed by atoms with E-state index in [2.05, 4.69) is 4.98 Å². The first-order chi connectivity index (χ1) is 9.19. The standard InChI is InChI=1S/C15H17NO3/c1-3-18-12-4-6-13(7-5-12)19-14-8-9-15(11(2)17)16-10-14/h4-11,17H,3H2,1-2H3. The minimum absolute atomic E-state index is 0.570. The van der Waals surface area contributed by atoms with Crippen molar-refractivity contribution >= 4 is 0 Å². The molecule has 0 amide bonds. The lowest BCUT2D eigenvalue weighted by atomic mass is 10.2. The number of hydrogen-bond acceptors (Lipinski definition) is 4. The monoisotopic (exact) mass is 259 g/mol. The number of nitrogens with zero attached hydrogens (tertiary/aromatic N) is 1. The molecule has 2 aromatic rings. The Bertz CT molecular complexity index is 506. The molecular formula is C15H17NO3. The molecule has 0 fully saturated rings. The Morgan fingerprint density at radius 3 is 2.21 bits per heavy atom. The highest BCUT2D eigenvalue weighted by Crippen LogP contribution is 2.24. The second kappa shape index (κ2) is 6.20. The van der Waals surface area contributed by atoms with Gasteiger partial charge in [-0.15, -0.1) is 0 Å². The van der Waals surface area contributed by atoms with Gasteiger partial charge in [0, 0.05) is 0 Å². The van der Waals surface area contributed by atoms with Gasteiger partial charge < -0.3 is 14.6 Å². The fraction of sp³-hybridized carbons (Fsp3) is 0.267. The molecule has 0 aliphatic carbocycles. The summed E-state index contributed by atoms with van der Waals surface area (Å²) in [4.78, 5) is 4.12. The maximum Gasteiger partial charge on any atom is 0.145 e. The van der Waals surface area contributed by atoms with E-state index >= 15 is 0 Å². The van der Waals surface area contributed by atoms with Gasteiger partial charge in [0.15, 0.2) is 0 Å². The number of rotatable bonds is 5. The molecule has 4 nitrogen and oxygen atoms in total. The molecule has 0 spiro atoms. The number of aliphatic hydroxyl groups is 1. The summed E-state index contributed by atoms with van der Waals surface area (Å²) in [6.07, 6.45) is 1.03. The molecule has 19 heavy (non-hydrogen) atoms. The van der Waals surface area contributed by atoms with Crippen LogP contribution in [0.4, 0.5) is 0 Å². The summed E-state index contributed by atoms with van der Waals surface area (Å²) in [6, 6.07) is 10.9. The normalized spacial score (nSPS) is 11.9. The van der Waals surface area contributed by atoms with Crippen molar-refractivity contribution in [3.63, 3.8) is 0 Å². The molecule has 100 valence electrons. The lowest BCUT2D eigenvalue weighted by Crippen LogP contribution is -1.95. The topological polar surface area (TPSA) is 51.6 Å². The zero-order valence-electron chi connectivity index (χ0n) is 11.0. The first kappa shape index (κ1) is 13.4. The van der Waals surface area contributed by atoms with Crippen molar-refractivity contribution in [2.75, 3.05) is 6.61 Å². The molecule has 1 unspecified atom stereocenters. The molecular weight excluding hydrogens is 242 g/mol. The summed E-state index contributed by atoms with van der Waals surface area (Å²) in [5, 5.41) is 9.37. The van der Waals surface area contributed by atoms with Crippen LogP contribution in [0.3, 0.4) is 0 Å². The summed E-state index contributed by atoms with van der Waals surface area (Å²) < 4.78 is 11.0. The van der Waals surface area contributed by atoms with E-state index in [1.165, 1.54) is 0 Å². The number of aliphatic hydroxyl groups excluding tert-OH is 1. The largest absolute Gasteiger partial charge is 0.494 e. The SMILES string of the molecule is CCOc1ccc(Oc2ccc(C(C)O)nc2)cc1. The van der Waals surface area contributed by atoms with Gasteiger partial charge in [0.25, 0.3) is 0 Å². The van der Waals surface area contributed by atoms with E-state index in [-0.39, 0.29) is 0 Å². The minimum Gasteiger partial charge on any atom is -0.494 e. The van der Waals surface area contributed by atoms with Crippen LogP contribution in [0, 0.1) is 0 Å². The lowest BCUT2D eigenvalue weighted by Gasteiger charge is -2.08. The first-order valence-corrected chi connectivity index (χ1v) is 6.23. The summed E-state index contributed by atoms with van der Waals surface area (Å²) in [5.41, 5.74) is 0.624. The Morgan fingerprint density at radius 1 is 1.05 bits per heavy atom. The number of pyridine rings is 1. The van der Waals surface area contributed by atoms with E-state index in [0.717, 1.165) is 11.5 Å². The van der Waals surface area contributed by atoms with Crippen molar-refractivity contribution in [2.24, 2.45) is 0 Å². The van der Waals surface area contributed by atoms with Crippen LogP contribution < -0.4 is 9.47 Å². The Hall–Kier alpha value is -2.07. The first-order valence-electron chi connectivity index (χ1n) is 6.23. The van der Waals surface area contributed by atoms with Crippen LogP contribution in [0.2, 0.25) is 0 Å². The molecule has 1 aromatic heterocycles. The molecule has 0 radical (unpaired) electrons. The van der Waals surface area contributed by atoms with E-state index in [4.69, 9.17) is 9.47 Å². The van der Waals surface area contributed by atoms with E-state index < -0.39 is 6.10 Å². The highest BCUT2D eigenvalue weighted by Gasteiger charge is 2.03. The second-order valence-electron chi connectivity index (χ2n) is 4.10. The van der Waals surface area contributed by atoms with Crippen molar-refractivity contribution in [1.82, 2.24) is 4.98 Å². The van der Waals surface area contributed by atoms with Gasteiger partial charge >= 0.3 is 0 Å². The fourth-order valence-electron chi connectivity index (χ4n) is 1.61. The minimum atomic E-state index is -0.570. The molecule has 0 bridgehead atoms. The predicted octanol–water partition coefficient (Wildman–Crippen LogP) is 3.33. The van der Waals surface area contributed by atoms with Crippen molar-refractivity contribution in [3.05, 3.63) is 48.3 Å². The van der Waals surface area contributed by atoms with Gasteiger partial charge in [-0.1, -0.05) is 0 Å². The Morgan fingerprint density at radius 2 is 1.68 bits per heavy atom. The summed E-state index contributed by atoms with van der Waals surface area (Å²) in [6.45, 7) is 4.26. The molecule has 1 N–H and O–H groups in total. The molecule has 1 heterocycles. The summed E-state index contributed by atoms with van der Waals surface area (Å²) in [7, 11) is 0. The van der Waals surface area contributed by atoms with Crippen LogP contribution in [-0.4, -0.2) is 16.7 Å². The number of hydrogen-bond donors (Lipinski definition) is 1. The average molecular weight is 259 g/mol. The molecule has 1 aromatic carbocycles. The molecule has 0 aliphatic rings. The summed E-state index contributed by atoms with van der Waals surface area (Å²) >= 11 is 0. The highest BCUT2D eigenvalue weighted by molar-refractivity contribution is 5.34. The molecule has 0 aliphatic heterocycles.